The normalized spacial score (nSPS) is 9.39. The molecule has 0 unspecified atom stereocenters. The summed E-state index contributed by atoms with van der Waals surface area (Å²) in [5.74, 6) is -0.0888. The number of carbonyl (C=O) groups is 1. The second kappa shape index (κ2) is 8.43. The predicted molar refractivity (Wildman–Crippen MR) is 71.0 cm³/mol. The number of nitrogens with zero attached hydrogens (tertiary/aromatic N) is 1. The van der Waals surface area contributed by atoms with Crippen LogP contribution < -0.4 is 10.6 Å². The van der Waals surface area contributed by atoms with Gasteiger partial charge in [0.15, 0.2) is 0 Å². The molecule has 1 aromatic carbocycles. The maximum atomic E-state index is 11.4. The first-order valence-electron chi connectivity index (χ1n) is 5.28. The maximum Gasteiger partial charge on any atom is 0.269 e. The standard InChI is InChI=1S/C11H15N3O3.ClH/c1-12-6-7-13-11(15)8-9-2-4-10(5-3-9)14(16)17;/h2-5,12H,6-8H2,1H3,(H,13,15);1H. The van der Waals surface area contributed by atoms with Gasteiger partial charge in [-0.3, -0.25) is 14.9 Å². The van der Waals surface area contributed by atoms with Crippen LogP contribution in [0.1, 0.15) is 5.56 Å². The molecule has 0 bridgehead atoms. The van der Waals surface area contributed by atoms with Crippen molar-refractivity contribution in [2.75, 3.05) is 20.1 Å². The third-order valence-electron chi connectivity index (χ3n) is 2.21. The molecule has 0 aliphatic heterocycles. The highest BCUT2D eigenvalue weighted by Crippen LogP contribution is 2.12. The average molecular weight is 274 g/mol. The fourth-order valence-electron chi connectivity index (χ4n) is 1.31. The summed E-state index contributed by atoms with van der Waals surface area (Å²) in [5, 5.41) is 16.1. The quantitative estimate of drug-likeness (QED) is 0.458. The lowest BCUT2D eigenvalue weighted by molar-refractivity contribution is -0.384. The first kappa shape index (κ1) is 16.3. The summed E-state index contributed by atoms with van der Waals surface area (Å²) in [6, 6.07) is 5.98. The van der Waals surface area contributed by atoms with Crippen LogP contribution >= 0.6 is 12.4 Å². The van der Waals surface area contributed by atoms with E-state index >= 15 is 0 Å². The van der Waals surface area contributed by atoms with Crippen LogP contribution in [0.5, 0.6) is 0 Å². The van der Waals surface area contributed by atoms with Crippen molar-refractivity contribution in [1.82, 2.24) is 10.6 Å². The molecule has 0 fully saturated rings. The molecule has 0 aliphatic carbocycles. The molecule has 0 radical (unpaired) electrons. The summed E-state index contributed by atoms with van der Waals surface area (Å²) in [6.07, 6.45) is 0.238. The zero-order valence-electron chi connectivity index (χ0n) is 10.0. The van der Waals surface area contributed by atoms with Crippen LogP contribution in [0.25, 0.3) is 0 Å². The van der Waals surface area contributed by atoms with E-state index in [4.69, 9.17) is 0 Å². The lowest BCUT2D eigenvalue weighted by Crippen LogP contribution is -2.31. The molecule has 0 saturated carbocycles. The molecule has 1 aromatic rings. The highest BCUT2D eigenvalue weighted by molar-refractivity contribution is 5.85. The molecule has 7 heteroatoms. The van der Waals surface area contributed by atoms with Crippen LogP contribution in [0.2, 0.25) is 0 Å². The smallest absolute Gasteiger partial charge is 0.269 e. The third-order valence-corrected chi connectivity index (χ3v) is 2.21. The molecule has 0 aromatic heterocycles. The molecule has 0 heterocycles. The van der Waals surface area contributed by atoms with Gasteiger partial charge in [0, 0.05) is 25.2 Å². The van der Waals surface area contributed by atoms with E-state index in [0.29, 0.717) is 13.1 Å². The molecule has 0 aliphatic rings. The molecule has 2 N–H and O–H groups in total. The van der Waals surface area contributed by atoms with Crippen molar-refractivity contribution in [2.45, 2.75) is 6.42 Å². The number of nitrogens with one attached hydrogen (secondary N) is 2. The van der Waals surface area contributed by atoms with E-state index in [1.165, 1.54) is 12.1 Å². The Morgan fingerprint density at radius 3 is 2.39 bits per heavy atom. The van der Waals surface area contributed by atoms with E-state index in [0.717, 1.165) is 5.56 Å². The zero-order valence-corrected chi connectivity index (χ0v) is 10.8. The summed E-state index contributed by atoms with van der Waals surface area (Å²) >= 11 is 0. The minimum atomic E-state index is -0.462. The molecular formula is C11H16ClN3O3. The number of hydrogen-bond donors (Lipinski definition) is 2. The van der Waals surface area contributed by atoms with Gasteiger partial charge in [-0.05, 0) is 12.6 Å². The number of rotatable bonds is 6. The number of carbonyl (C=O) groups excluding carboxylic acids is 1. The number of non-ortho nitro benzene ring substituents is 1. The van der Waals surface area contributed by atoms with Crippen LogP contribution in [0, 0.1) is 10.1 Å². The molecular weight excluding hydrogens is 258 g/mol. The highest BCUT2D eigenvalue weighted by Gasteiger charge is 2.06. The van der Waals surface area contributed by atoms with Gasteiger partial charge in [-0.15, -0.1) is 12.4 Å². The van der Waals surface area contributed by atoms with Crippen LogP contribution in [-0.4, -0.2) is 31.0 Å². The molecule has 1 amide bonds. The van der Waals surface area contributed by atoms with Gasteiger partial charge in [-0.1, -0.05) is 12.1 Å². The number of amides is 1. The largest absolute Gasteiger partial charge is 0.355 e. The van der Waals surface area contributed by atoms with Gasteiger partial charge in [0.2, 0.25) is 5.91 Å². The molecule has 0 saturated heterocycles. The number of nitro benzene ring substituents is 1. The van der Waals surface area contributed by atoms with Gasteiger partial charge in [-0.25, -0.2) is 0 Å². The monoisotopic (exact) mass is 273 g/mol. The second-order valence-electron chi connectivity index (χ2n) is 3.55. The van der Waals surface area contributed by atoms with E-state index in [1.807, 2.05) is 7.05 Å². The highest BCUT2D eigenvalue weighted by atomic mass is 35.5. The average Bonchev–Trinajstić information content (AvgIpc) is 2.30. The Morgan fingerprint density at radius 1 is 1.28 bits per heavy atom. The van der Waals surface area contributed by atoms with Crippen LogP contribution in [0.15, 0.2) is 24.3 Å². The number of halogens is 1. The van der Waals surface area contributed by atoms with Gasteiger partial charge >= 0.3 is 0 Å². The summed E-state index contributed by atoms with van der Waals surface area (Å²) < 4.78 is 0. The van der Waals surface area contributed by atoms with Crippen molar-refractivity contribution in [2.24, 2.45) is 0 Å². The lowest BCUT2D eigenvalue weighted by atomic mass is 10.1. The van der Waals surface area contributed by atoms with Gasteiger partial charge in [0.1, 0.15) is 0 Å². The minimum absolute atomic E-state index is 0. The molecule has 0 spiro atoms. The summed E-state index contributed by atoms with van der Waals surface area (Å²) in [5.41, 5.74) is 0.793. The minimum Gasteiger partial charge on any atom is -0.355 e. The molecule has 0 atom stereocenters. The Bertz CT molecular complexity index is 395. The molecule has 100 valence electrons. The number of benzene rings is 1. The zero-order chi connectivity index (χ0) is 12.7. The van der Waals surface area contributed by atoms with E-state index in [9.17, 15) is 14.9 Å². The Balaban J connectivity index is 0.00000289. The molecule has 1 rings (SSSR count). The fraction of sp³-hybridized carbons (Fsp3) is 0.364. The maximum absolute atomic E-state index is 11.4. The first-order valence-corrected chi connectivity index (χ1v) is 5.28. The van der Waals surface area contributed by atoms with Crippen molar-refractivity contribution in [3.63, 3.8) is 0 Å². The van der Waals surface area contributed by atoms with Crippen molar-refractivity contribution < 1.29 is 9.72 Å². The summed E-state index contributed by atoms with van der Waals surface area (Å²) in [7, 11) is 1.81. The SMILES string of the molecule is CNCCNC(=O)Cc1ccc([N+](=O)[O-])cc1.Cl. The van der Waals surface area contributed by atoms with Crippen LogP contribution in [-0.2, 0) is 11.2 Å². The van der Waals surface area contributed by atoms with Gasteiger partial charge in [0.25, 0.3) is 5.69 Å². The Kier molecular flexibility index (Phi) is 7.66. The number of likely N-dealkylation sites (N-methyl/N-ethyl adjacent to an activating group) is 1. The lowest BCUT2D eigenvalue weighted by Gasteiger charge is -2.04. The van der Waals surface area contributed by atoms with Crippen LogP contribution in [0.4, 0.5) is 5.69 Å². The molecule has 6 nitrogen and oxygen atoms in total. The van der Waals surface area contributed by atoms with E-state index in [-0.39, 0.29) is 30.4 Å². The third kappa shape index (κ3) is 5.60. The summed E-state index contributed by atoms with van der Waals surface area (Å²) in [4.78, 5) is 21.4. The van der Waals surface area contributed by atoms with Crippen molar-refractivity contribution in [3.05, 3.63) is 39.9 Å². The predicted octanol–water partition coefficient (Wildman–Crippen LogP) is 0.895. The van der Waals surface area contributed by atoms with Crippen LogP contribution in [0.3, 0.4) is 0 Å². The van der Waals surface area contributed by atoms with Gasteiger partial charge < -0.3 is 10.6 Å². The fourth-order valence-corrected chi connectivity index (χ4v) is 1.31. The topological polar surface area (TPSA) is 84.3 Å². The second-order valence-corrected chi connectivity index (χ2v) is 3.55. The molecule has 18 heavy (non-hydrogen) atoms. The summed E-state index contributed by atoms with van der Waals surface area (Å²) in [6.45, 7) is 1.29. The van der Waals surface area contributed by atoms with Gasteiger partial charge in [-0.2, -0.15) is 0 Å². The van der Waals surface area contributed by atoms with Crippen molar-refractivity contribution in [3.8, 4) is 0 Å². The Morgan fingerprint density at radius 2 is 1.89 bits per heavy atom. The Hall–Kier alpha value is -1.66. The number of nitro groups is 1. The van der Waals surface area contributed by atoms with E-state index in [1.54, 1.807) is 12.1 Å². The van der Waals surface area contributed by atoms with Crippen molar-refractivity contribution in [1.29, 1.82) is 0 Å². The van der Waals surface area contributed by atoms with Crippen molar-refractivity contribution >= 4 is 24.0 Å². The van der Waals surface area contributed by atoms with Gasteiger partial charge in [0.05, 0.1) is 11.3 Å². The number of hydrogen-bond acceptors (Lipinski definition) is 4. The first-order chi connectivity index (χ1) is 8.13. The van der Waals surface area contributed by atoms with E-state index in [2.05, 4.69) is 10.6 Å². The Labute approximate surface area is 111 Å². The van der Waals surface area contributed by atoms with E-state index < -0.39 is 4.92 Å².